The zero-order chi connectivity index (χ0) is 24.5. The van der Waals surface area contributed by atoms with E-state index >= 15 is 0 Å². The molecule has 2 aromatic carbocycles. The van der Waals surface area contributed by atoms with E-state index in [4.69, 9.17) is 29.4 Å². The van der Waals surface area contributed by atoms with Gasteiger partial charge in [0.1, 0.15) is 5.75 Å². The summed E-state index contributed by atoms with van der Waals surface area (Å²) in [4.78, 5) is 18.8. The van der Waals surface area contributed by atoms with Crippen LogP contribution in [0.3, 0.4) is 0 Å². The molecule has 9 heteroatoms. The van der Waals surface area contributed by atoms with Crippen LogP contribution in [-0.2, 0) is 0 Å². The van der Waals surface area contributed by atoms with Crippen LogP contribution in [0.4, 0.5) is 0 Å². The van der Waals surface area contributed by atoms with E-state index in [1.807, 2.05) is 18.2 Å². The number of hydrogen-bond donors (Lipinski definition) is 2. The molecule has 0 unspecified atom stereocenters. The molecule has 0 atom stereocenters. The lowest BCUT2D eigenvalue weighted by Gasteiger charge is -2.12. The van der Waals surface area contributed by atoms with E-state index in [2.05, 4.69) is 9.97 Å². The highest BCUT2D eigenvalue weighted by molar-refractivity contribution is 5.88. The molecule has 2 aromatic heterocycles. The highest BCUT2D eigenvalue weighted by Gasteiger charge is 2.10. The molecule has 0 aliphatic rings. The van der Waals surface area contributed by atoms with Gasteiger partial charge in [-0.05, 0) is 31.2 Å². The van der Waals surface area contributed by atoms with Crippen LogP contribution in [-0.4, -0.2) is 51.6 Å². The lowest BCUT2D eigenvalue weighted by atomic mass is 10.2. The van der Waals surface area contributed by atoms with E-state index in [1.165, 1.54) is 6.07 Å². The Morgan fingerprint density at radius 1 is 0.824 bits per heavy atom. The largest absolute Gasteiger partial charge is 0.493 e. The van der Waals surface area contributed by atoms with Gasteiger partial charge in [0.05, 0.1) is 46.1 Å². The van der Waals surface area contributed by atoms with Crippen molar-refractivity contribution in [2.24, 2.45) is 5.73 Å². The Hall–Kier alpha value is -3.98. The van der Waals surface area contributed by atoms with Gasteiger partial charge in [0.2, 0.25) is 0 Å². The van der Waals surface area contributed by atoms with Crippen molar-refractivity contribution in [3.63, 3.8) is 0 Å². The van der Waals surface area contributed by atoms with Crippen molar-refractivity contribution in [3.05, 3.63) is 59.0 Å². The second kappa shape index (κ2) is 11.8. The third-order valence-corrected chi connectivity index (χ3v) is 5.08. The molecule has 0 saturated heterocycles. The van der Waals surface area contributed by atoms with Crippen LogP contribution in [0.1, 0.15) is 6.42 Å². The average molecular weight is 468 g/mol. The van der Waals surface area contributed by atoms with Gasteiger partial charge in [-0.1, -0.05) is 0 Å². The monoisotopic (exact) mass is 467 g/mol. The summed E-state index contributed by atoms with van der Waals surface area (Å²) in [5, 5.41) is 1.49. The van der Waals surface area contributed by atoms with Gasteiger partial charge in [-0.15, -0.1) is 0 Å². The second-order valence-electron chi connectivity index (χ2n) is 7.12. The van der Waals surface area contributed by atoms with Crippen LogP contribution in [0.15, 0.2) is 53.6 Å². The van der Waals surface area contributed by atoms with Crippen LogP contribution in [0.25, 0.3) is 21.8 Å². The smallest absolute Gasteiger partial charge is 0.189 e. The summed E-state index contributed by atoms with van der Waals surface area (Å²) in [6.07, 6.45) is 4.14. The van der Waals surface area contributed by atoms with Gasteiger partial charge in [0.25, 0.3) is 0 Å². The van der Waals surface area contributed by atoms with E-state index in [0.717, 1.165) is 28.6 Å². The third-order valence-electron chi connectivity index (χ3n) is 5.08. The molecule has 2 heterocycles. The molecule has 180 valence electrons. The average Bonchev–Trinajstić information content (AvgIpc) is 2.88. The topological polar surface area (TPSA) is 118 Å². The van der Waals surface area contributed by atoms with Crippen LogP contribution < -0.4 is 34.8 Å². The minimum absolute atomic E-state index is 0.0373. The predicted octanol–water partition coefficient (Wildman–Crippen LogP) is 3.52. The van der Waals surface area contributed by atoms with E-state index in [0.29, 0.717) is 41.5 Å². The number of aromatic nitrogens is 2. The normalized spacial score (nSPS) is 10.4. The lowest BCUT2D eigenvalue weighted by molar-refractivity contribution is 0.316. The number of pyridine rings is 2. The van der Waals surface area contributed by atoms with Crippen LogP contribution in [0.2, 0.25) is 0 Å². The Labute approximate surface area is 197 Å². The molecular weight excluding hydrogens is 438 g/mol. The first-order chi connectivity index (χ1) is 16.6. The number of fused-ring (bicyclic) bond motifs is 2. The van der Waals surface area contributed by atoms with Crippen LogP contribution in [0.5, 0.6) is 28.7 Å². The fourth-order valence-corrected chi connectivity index (χ4v) is 3.34. The van der Waals surface area contributed by atoms with Gasteiger partial charge in [-0.2, -0.15) is 0 Å². The van der Waals surface area contributed by atoms with Crippen LogP contribution >= 0.6 is 0 Å². The number of nitrogens with one attached hydrogen (secondary N) is 1. The maximum Gasteiger partial charge on any atom is 0.189 e. The molecular formula is C25H29N3O6. The molecule has 0 aliphatic heterocycles. The number of nitrogens with zero attached hydrogens (tertiary/aromatic N) is 1. The second-order valence-corrected chi connectivity index (χ2v) is 7.12. The first-order valence-electron chi connectivity index (χ1n) is 10.6. The highest BCUT2D eigenvalue weighted by Crippen LogP contribution is 2.35. The van der Waals surface area contributed by atoms with Crippen molar-refractivity contribution >= 4 is 21.8 Å². The molecule has 0 aliphatic carbocycles. The molecule has 0 bridgehead atoms. The third kappa shape index (κ3) is 5.49. The van der Waals surface area contributed by atoms with Gasteiger partial charge in [0, 0.05) is 41.4 Å². The predicted molar refractivity (Wildman–Crippen MR) is 132 cm³/mol. The van der Waals surface area contributed by atoms with Crippen LogP contribution in [0, 0.1) is 0 Å². The minimum atomic E-state index is -0.0373. The first kappa shape index (κ1) is 24.7. The Kier molecular flexibility index (Phi) is 8.53. The van der Waals surface area contributed by atoms with E-state index < -0.39 is 0 Å². The highest BCUT2D eigenvalue weighted by atomic mass is 16.5. The Bertz CT molecular complexity index is 1310. The molecule has 4 rings (SSSR count). The fraction of sp³-hybridized carbons (Fsp3) is 0.280. The summed E-state index contributed by atoms with van der Waals surface area (Å²) in [5.74, 6) is 3.25. The molecule has 0 amide bonds. The van der Waals surface area contributed by atoms with E-state index in [9.17, 15) is 4.79 Å². The van der Waals surface area contributed by atoms with Crippen molar-refractivity contribution < 1.29 is 23.7 Å². The Morgan fingerprint density at radius 3 is 2.09 bits per heavy atom. The van der Waals surface area contributed by atoms with E-state index in [-0.39, 0.29) is 5.43 Å². The number of methoxy groups -OCH3 is 4. The Balaban J connectivity index is 0.000000196. The molecule has 0 spiro atoms. The molecule has 34 heavy (non-hydrogen) atoms. The maximum absolute atomic E-state index is 11.5. The lowest BCUT2D eigenvalue weighted by Crippen LogP contribution is -2.06. The zero-order valence-corrected chi connectivity index (χ0v) is 19.7. The van der Waals surface area contributed by atoms with Gasteiger partial charge < -0.3 is 34.4 Å². The van der Waals surface area contributed by atoms with Crippen molar-refractivity contribution in [3.8, 4) is 28.7 Å². The van der Waals surface area contributed by atoms with Crippen molar-refractivity contribution in [1.82, 2.24) is 9.97 Å². The molecule has 0 saturated carbocycles. The molecule has 4 aromatic rings. The molecule has 3 N–H and O–H groups in total. The zero-order valence-electron chi connectivity index (χ0n) is 19.7. The number of rotatable bonds is 8. The number of benzene rings is 2. The number of H-pyrrole nitrogens is 1. The minimum Gasteiger partial charge on any atom is -0.493 e. The standard InChI is InChI=1S/C14H18N2O3.C11H11NO3/c1-17-13-8-10-11(9-14(13)18-2)16-6-4-12(10)19-7-3-5-15;1-14-10-5-7-8(6-11(10)15-2)12-4-3-9(7)13/h4,6,8-9H,3,5,7,15H2,1-2H3;3-6H,1-2H3,(H,12,13). The summed E-state index contributed by atoms with van der Waals surface area (Å²) in [6.45, 7) is 1.20. The van der Waals surface area contributed by atoms with Crippen molar-refractivity contribution in [2.45, 2.75) is 6.42 Å². The number of ether oxygens (including phenoxy) is 5. The van der Waals surface area contributed by atoms with Gasteiger partial charge in [-0.25, -0.2) is 0 Å². The van der Waals surface area contributed by atoms with Gasteiger partial charge in [0.15, 0.2) is 28.4 Å². The van der Waals surface area contributed by atoms with E-state index in [1.54, 1.807) is 53.0 Å². The number of nitrogens with two attached hydrogens (primary N) is 1. The Morgan fingerprint density at radius 2 is 1.44 bits per heavy atom. The van der Waals surface area contributed by atoms with Crippen molar-refractivity contribution in [1.29, 1.82) is 0 Å². The fourth-order valence-electron chi connectivity index (χ4n) is 3.34. The van der Waals surface area contributed by atoms with Crippen molar-refractivity contribution in [2.75, 3.05) is 41.6 Å². The SMILES string of the molecule is COc1cc2[nH]ccc(=O)c2cc1OC.COc1cc2nccc(OCCCN)c2cc1OC. The number of aromatic amines is 1. The molecule has 0 radical (unpaired) electrons. The number of hydrogen-bond acceptors (Lipinski definition) is 8. The summed E-state index contributed by atoms with van der Waals surface area (Å²) < 4.78 is 26.5. The van der Waals surface area contributed by atoms with Gasteiger partial charge >= 0.3 is 0 Å². The quantitative estimate of drug-likeness (QED) is 0.378. The molecule has 9 nitrogen and oxygen atoms in total. The summed E-state index contributed by atoms with van der Waals surface area (Å²) >= 11 is 0. The summed E-state index contributed by atoms with van der Waals surface area (Å²) in [5.41, 5.74) is 6.97. The van der Waals surface area contributed by atoms with Gasteiger partial charge in [-0.3, -0.25) is 9.78 Å². The first-order valence-corrected chi connectivity index (χ1v) is 10.6. The summed E-state index contributed by atoms with van der Waals surface area (Å²) in [7, 11) is 6.31. The summed E-state index contributed by atoms with van der Waals surface area (Å²) in [6, 6.07) is 10.4. The maximum atomic E-state index is 11.5. The molecule has 0 fully saturated rings.